The molecule has 3 rings (SSSR count). The third-order valence-electron chi connectivity index (χ3n) is 4.62. The molecule has 0 bridgehead atoms. The molecule has 1 aliphatic rings. The van der Waals surface area contributed by atoms with Crippen LogP contribution in [0.2, 0.25) is 0 Å². The summed E-state index contributed by atoms with van der Waals surface area (Å²) in [6.07, 6.45) is 0.931. The summed E-state index contributed by atoms with van der Waals surface area (Å²) < 4.78 is 18.3. The Kier molecular flexibility index (Phi) is 5.34. The van der Waals surface area contributed by atoms with Gasteiger partial charge in [0.05, 0.1) is 19.7 Å². The molecule has 2 aromatic rings. The average molecular weight is 342 g/mol. The molecule has 0 unspecified atom stereocenters. The number of benzene rings is 2. The van der Waals surface area contributed by atoms with Crippen molar-refractivity contribution in [2.45, 2.75) is 25.9 Å². The third-order valence-corrected chi connectivity index (χ3v) is 4.62. The molecule has 1 heterocycles. The van der Waals surface area contributed by atoms with E-state index >= 15 is 0 Å². The minimum Gasteiger partial charge on any atom is -0.497 e. The second-order valence-corrected chi connectivity index (χ2v) is 6.44. The smallest absolute Gasteiger partial charge is 0.234 e. The lowest BCUT2D eigenvalue weighted by atomic mass is 9.99. The normalized spacial score (nSPS) is 15.3. The number of fused-ring (bicyclic) bond motifs is 1. The number of methoxy groups -OCH3 is 1. The lowest BCUT2D eigenvalue weighted by molar-refractivity contribution is -0.123. The monoisotopic (exact) mass is 342 g/mol. The summed E-state index contributed by atoms with van der Waals surface area (Å²) >= 11 is 0. The summed E-state index contributed by atoms with van der Waals surface area (Å²) in [5.41, 5.74) is 3.42. The van der Waals surface area contributed by atoms with Crippen molar-refractivity contribution in [2.75, 3.05) is 20.2 Å². The fourth-order valence-corrected chi connectivity index (χ4v) is 3.18. The van der Waals surface area contributed by atoms with Gasteiger partial charge in [-0.25, -0.2) is 4.39 Å². The molecule has 4 nitrogen and oxygen atoms in total. The van der Waals surface area contributed by atoms with E-state index in [-0.39, 0.29) is 17.8 Å². The second-order valence-electron chi connectivity index (χ2n) is 6.44. The highest BCUT2D eigenvalue weighted by molar-refractivity contribution is 5.78. The van der Waals surface area contributed by atoms with Gasteiger partial charge in [-0.2, -0.15) is 0 Å². The number of amides is 1. The van der Waals surface area contributed by atoms with E-state index in [1.807, 2.05) is 19.1 Å². The zero-order valence-electron chi connectivity index (χ0n) is 14.6. The van der Waals surface area contributed by atoms with Gasteiger partial charge in [0, 0.05) is 13.1 Å². The highest BCUT2D eigenvalue weighted by Gasteiger charge is 2.20. The standard InChI is InChI=1S/C20H23FN2O2/c1-14(15-3-6-18(21)7-4-15)22-20(24)13-23-10-9-16-5-8-19(25-2)11-17(16)12-23/h3-8,11,14H,9-10,12-13H2,1-2H3,(H,22,24)/t14-/m1/s1. The van der Waals surface area contributed by atoms with Crippen molar-refractivity contribution < 1.29 is 13.9 Å². The van der Waals surface area contributed by atoms with Crippen LogP contribution >= 0.6 is 0 Å². The van der Waals surface area contributed by atoms with Gasteiger partial charge in [0.1, 0.15) is 11.6 Å². The quantitative estimate of drug-likeness (QED) is 0.908. The fraction of sp³-hybridized carbons (Fsp3) is 0.350. The maximum absolute atomic E-state index is 13.0. The van der Waals surface area contributed by atoms with Crippen molar-refractivity contribution in [2.24, 2.45) is 0 Å². The molecule has 5 heteroatoms. The fourth-order valence-electron chi connectivity index (χ4n) is 3.18. The number of hydrogen-bond acceptors (Lipinski definition) is 3. The first kappa shape index (κ1) is 17.4. The number of carbonyl (C=O) groups is 1. The number of halogens is 1. The van der Waals surface area contributed by atoms with E-state index in [1.54, 1.807) is 19.2 Å². The highest BCUT2D eigenvalue weighted by Crippen LogP contribution is 2.23. The predicted molar refractivity (Wildman–Crippen MR) is 94.9 cm³/mol. The van der Waals surface area contributed by atoms with Gasteiger partial charge in [0.2, 0.25) is 5.91 Å². The molecular weight excluding hydrogens is 319 g/mol. The first-order valence-electron chi connectivity index (χ1n) is 8.48. The van der Waals surface area contributed by atoms with E-state index in [1.165, 1.54) is 23.3 Å². The number of carbonyl (C=O) groups excluding carboxylic acids is 1. The molecule has 0 aliphatic carbocycles. The van der Waals surface area contributed by atoms with E-state index in [2.05, 4.69) is 16.3 Å². The van der Waals surface area contributed by atoms with Crippen LogP contribution < -0.4 is 10.1 Å². The Bertz CT molecular complexity index is 746. The minimum atomic E-state index is -0.273. The van der Waals surface area contributed by atoms with Gasteiger partial charge in [0.15, 0.2) is 0 Å². The average Bonchev–Trinajstić information content (AvgIpc) is 2.61. The summed E-state index contributed by atoms with van der Waals surface area (Å²) in [7, 11) is 1.66. The zero-order valence-corrected chi connectivity index (χ0v) is 14.6. The van der Waals surface area contributed by atoms with Crippen LogP contribution in [0.5, 0.6) is 5.75 Å². The van der Waals surface area contributed by atoms with Gasteiger partial charge in [-0.1, -0.05) is 18.2 Å². The molecule has 0 aromatic heterocycles. The third kappa shape index (κ3) is 4.37. The lowest BCUT2D eigenvalue weighted by Gasteiger charge is -2.29. The molecule has 0 saturated heterocycles. The van der Waals surface area contributed by atoms with E-state index in [9.17, 15) is 9.18 Å². The summed E-state index contributed by atoms with van der Waals surface area (Å²) in [4.78, 5) is 14.5. The largest absolute Gasteiger partial charge is 0.497 e. The second kappa shape index (κ2) is 7.66. The molecule has 1 aliphatic heterocycles. The van der Waals surface area contributed by atoms with Gasteiger partial charge in [-0.15, -0.1) is 0 Å². The number of nitrogens with one attached hydrogen (secondary N) is 1. The van der Waals surface area contributed by atoms with Crippen LogP contribution in [-0.2, 0) is 17.8 Å². The maximum Gasteiger partial charge on any atom is 0.234 e. The van der Waals surface area contributed by atoms with Gasteiger partial charge in [0.25, 0.3) is 0 Å². The molecule has 25 heavy (non-hydrogen) atoms. The van der Waals surface area contributed by atoms with E-state index in [0.29, 0.717) is 6.54 Å². The Balaban J connectivity index is 1.57. The van der Waals surface area contributed by atoms with Gasteiger partial charge >= 0.3 is 0 Å². The van der Waals surface area contributed by atoms with Crippen LogP contribution in [0.1, 0.15) is 29.7 Å². The summed E-state index contributed by atoms with van der Waals surface area (Å²) in [6.45, 7) is 3.85. The number of nitrogens with zero attached hydrogens (tertiary/aromatic N) is 1. The molecule has 1 N–H and O–H groups in total. The van der Waals surface area contributed by atoms with Crippen LogP contribution in [0.3, 0.4) is 0 Å². The molecule has 132 valence electrons. The summed E-state index contributed by atoms with van der Waals surface area (Å²) in [5.74, 6) is 0.544. The highest BCUT2D eigenvalue weighted by atomic mass is 19.1. The molecule has 1 atom stereocenters. The Morgan fingerprint density at radius 1 is 1.24 bits per heavy atom. The molecule has 0 fully saturated rings. The molecule has 0 radical (unpaired) electrons. The van der Waals surface area contributed by atoms with E-state index in [0.717, 1.165) is 30.8 Å². The van der Waals surface area contributed by atoms with Crippen molar-refractivity contribution in [3.05, 3.63) is 65.0 Å². The maximum atomic E-state index is 13.0. The minimum absolute atomic E-state index is 0.0248. The molecular formula is C20H23FN2O2. The van der Waals surface area contributed by atoms with Gasteiger partial charge in [-0.3, -0.25) is 9.69 Å². The zero-order chi connectivity index (χ0) is 17.8. The van der Waals surface area contributed by atoms with Crippen LogP contribution in [0.4, 0.5) is 4.39 Å². The molecule has 0 saturated carbocycles. The number of rotatable bonds is 5. The van der Waals surface area contributed by atoms with Crippen LogP contribution in [0.25, 0.3) is 0 Å². The summed E-state index contributed by atoms with van der Waals surface area (Å²) in [6, 6.07) is 12.2. The first-order valence-corrected chi connectivity index (χ1v) is 8.48. The lowest BCUT2D eigenvalue weighted by Crippen LogP contribution is -2.40. The Morgan fingerprint density at radius 3 is 2.72 bits per heavy atom. The first-order chi connectivity index (χ1) is 12.0. The van der Waals surface area contributed by atoms with Crippen LogP contribution in [-0.4, -0.2) is 31.0 Å². The van der Waals surface area contributed by atoms with E-state index < -0.39 is 0 Å². The Morgan fingerprint density at radius 2 is 2.00 bits per heavy atom. The van der Waals surface area contributed by atoms with Crippen molar-refractivity contribution >= 4 is 5.91 Å². The van der Waals surface area contributed by atoms with Crippen molar-refractivity contribution in [1.29, 1.82) is 0 Å². The van der Waals surface area contributed by atoms with Crippen LogP contribution in [0, 0.1) is 5.82 Å². The molecule has 2 aromatic carbocycles. The SMILES string of the molecule is COc1ccc2c(c1)CN(CC(=O)N[C@H](C)c1ccc(F)cc1)CC2. The Hall–Kier alpha value is -2.40. The Labute approximate surface area is 147 Å². The number of ether oxygens (including phenoxy) is 1. The van der Waals surface area contributed by atoms with Crippen molar-refractivity contribution in [3.63, 3.8) is 0 Å². The van der Waals surface area contributed by atoms with Gasteiger partial charge in [-0.05, 0) is 54.3 Å². The molecule has 1 amide bonds. The van der Waals surface area contributed by atoms with Crippen molar-refractivity contribution in [1.82, 2.24) is 10.2 Å². The summed E-state index contributed by atoms with van der Waals surface area (Å²) in [5, 5.41) is 2.98. The van der Waals surface area contributed by atoms with Crippen molar-refractivity contribution in [3.8, 4) is 5.75 Å². The predicted octanol–water partition coefficient (Wildman–Crippen LogP) is 3.07. The van der Waals surface area contributed by atoms with E-state index in [4.69, 9.17) is 4.74 Å². The topological polar surface area (TPSA) is 41.6 Å². The number of hydrogen-bond donors (Lipinski definition) is 1. The van der Waals surface area contributed by atoms with Gasteiger partial charge < -0.3 is 10.1 Å². The van der Waals surface area contributed by atoms with Crippen LogP contribution in [0.15, 0.2) is 42.5 Å². The molecule has 0 spiro atoms.